The number of nitrogens with zero attached hydrogens (tertiary/aromatic N) is 1. The monoisotopic (exact) mass is 334 g/mol. The van der Waals surface area contributed by atoms with Gasteiger partial charge in [0.15, 0.2) is 0 Å². The SMILES string of the molecule is Cc1ccc(S(=O)(=O)NN=C2CCOc3cc(F)ccc32)cc1. The van der Waals surface area contributed by atoms with Crippen LogP contribution in [0.5, 0.6) is 5.75 Å². The average Bonchev–Trinajstić information content (AvgIpc) is 2.53. The van der Waals surface area contributed by atoms with Crippen molar-refractivity contribution in [3.05, 3.63) is 59.4 Å². The minimum absolute atomic E-state index is 0.138. The molecule has 0 radical (unpaired) electrons. The Bertz CT molecular complexity index is 861. The molecule has 3 rings (SSSR count). The number of aryl methyl sites for hydroxylation is 1. The van der Waals surface area contributed by atoms with E-state index < -0.39 is 15.8 Å². The first-order valence-electron chi connectivity index (χ1n) is 7.03. The molecule has 23 heavy (non-hydrogen) atoms. The standard InChI is InChI=1S/C16H15FN2O3S/c1-11-2-5-13(6-3-11)23(20,21)19-18-15-8-9-22-16-10-12(17)4-7-14(15)16/h2-7,10,19H,8-9H2,1H3. The molecule has 0 atom stereocenters. The summed E-state index contributed by atoms with van der Waals surface area (Å²) >= 11 is 0. The van der Waals surface area contributed by atoms with Crippen molar-refractivity contribution in [3.8, 4) is 5.75 Å². The van der Waals surface area contributed by atoms with E-state index in [2.05, 4.69) is 9.93 Å². The van der Waals surface area contributed by atoms with Gasteiger partial charge >= 0.3 is 0 Å². The number of hydrogen-bond acceptors (Lipinski definition) is 4. The topological polar surface area (TPSA) is 67.8 Å². The highest BCUT2D eigenvalue weighted by atomic mass is 32.2. The average molecular weight is 334 g/mol. The van der Waals surface area contributed by atoms with E-state index in [0.717, 1.165) is 5.56 Å². The van der Waals surface area contributed by atoms with E-state index in [-0.39, 0.29) is 4.90 Å². The zero-order valence-corrected chi connectivity index (χ0v) is 13.2. The summed E-state index contributed by atoms with van der Waals surface area (Å²) in [6.07, 6.45) is 0.440. The lowest BCUT2D eigenvalue weighted by Crippen LogP contribution is -2.23. The largest absolute Gasteiger partial charge is 0.492 e. The number of sulfonamides is 1. The Morgan fingerprint density at radius 1 is 1.17 bits per heavy atom. The molecular formula is C16H15FN2O3S. The minimum Gasteiger partial charge on any atom is -0.492 e. The van der Waals surface area contributed by atoms with Gasteiger partial charge in [0.25, 0.3) is 10.0 Å². The highest BCUT2D eigenvalue weighted by molar-refractivity contribution is 7.89. The summed E-state index contributed by atoms with van der Waals surface area (Å²) in [7, 11) is -3.74. The molecule has 0 aromatic heterocycles. The molecule has 0 saturated heterocycles. The van der Waals surface area contributed by atoms with Gasteiger partial charge in [-0.1, -0.05) is 17.7 Å². The molecule has 120 valence electrons. The molecular weight excluding hydrogens is 319 g/mol. The fraction of sp³-hybridized carbons (Fsp3) is 0.188. The molecule has 0 fully saturated rings. The molecule has 2 aromatic carbocycles. The predicted molar refractivity (Wildman–Crippen MR) is 84.5 cm³/mol. The quantitative estimate of drug-likeness (QED) is 0.877. The van der Waals surface area contributed by atoms with Gasteiger partial charge in [0.2, 0.25) is 0 Å². The van der Waals surface area contributed by atoms with Crippen LogP contribution in [-0.2, 0) is 10.0 Å². The second-order valence-electron chi connectivity index (χ2n) is 5.21. The second-order valence-corrected chi connectivity index (χ2v) is 6.87. The van der Waals surface area contributed by atoms with E-state index >= 15 is 0 Å². The molecule has 7 heteroatoms. The Hall–Kier alpha value is -2.41. The number of benzene rings is 2. The Labute approximate surface area is 133 Å². The lowest BCUT2D eigenvalue weighted by molar-refractivity contribution is 0.318. The third-order valence-corrected chi connectivity index (χ3v) is 4.71. The van der Waals surface area contributed by atoms with Crippen LogP contribution < -0.4 is 9.57 Å². The molecule has 0 spiro atoms. The van der Waals surface area contributed by atoms with Gasteiger partial charge < -0.3 is 4.74 Å². The zero-order valence-electron chi connectivity index (χ0n) is 12.4. The second kappa shape index (κ2) is 6.00. The highest BCUT2D eigenvalue weighted by Gasteiger charge is 2.19. The number of fused-ring (bicyclic) bond motifs is 1. The third kappa shape index (κ3) is 3.34. The maximum absolute atomic E-state index is 13.2. The van der Waals surface area contributed by atoms with E-state index in [4.69, 9.17) is 4.74 Å². The molecule has 0 unspecified atom stereocenters. The molecule has 1 aliphatic heterocycles. The van der Waals surface area contributed by atoms with Crippen LogP contribution in [0.2, 0.25) is 0 Å². The van der Waals surface area contributed by atoms with Gasteiger partial charge in [0.1, 0.15) is 11.6 Å². The van der Waals surface area contributed by atoms with Gasteiger partial charge in [-0.25, -0.2) is 4.39 Å². The number of halogens is 1. The van der Waals surface area contributed by atoms with Crippen molar-refractivity contribution >= 4 is 15.7 Å². The molecule has 5 nitrogen and oxygen atoms in total. The van der Waals surface area contributed by atoms with Crippen molar-refractivity contribution in [2.24, 2.45) is 5.10 Å². The first-order valence-corrected chi connectivity index (χ1v) is 8.52. The third-order valence-electron chi connectivity index (χ3n) is 3.48. The van der Waals surface area contributed by atoms with Gasteiger partial charge in [-0.05, 0) is 31.2 Å². The number of rotatable bonds is 3. The summed E-state index contributed by atoms with van der Waals surface area (Å²) in [6, 6.07) is 10.6. The smallest absolute Gasteiger partial charge is 0.276 e. The lowest BCUT2D eigenvalue weighted by Gasteiger charge is -2.19. The summed E-state index contributed by atoms with van der Waals surface area (Å²) < 4.78 is 43.1. The lowest BCUT2D eigenvalue weighted by atomic mass is 10.0. The normalized spacial score (nSPS) is 15.8. The van der Waals surface area contributed by atoms with Gasteiger partial charge in [0.05, 0.1) is 17.2 Å². The molecule has 2 aromatic rings. The van der Waals surface area contributed by atoms with E-state index in [1.165, 1.54) is 30.3 Å². The first-order chi connectivity index (χ1) is 11.0. The van der Waals surface area contributed by atoms with Crippen molar-refractivity contribution < 1.29 is 17.5 Å². The van der Waals surface area contributed by atoms with Crippen LogP contribution in [0.3, 0.4) is 0 Å². The molecule has 0 aliphatic carbocycles. The predicted octanol–water partition coefficient (Wildman–Crippen LogP) is 2.60. The van der Waals surface area contributed by atoms with Crippen molar-refractivity contribution in [1.29, 1.82) is 0 Å². The summed E-state index contributed by atoms with van der Waals surface area (Å²) in [4.78, 5) is 2.37. The van der Waals surface area contributed by atoms with Crippen molar-refractivity contribution in [2.75, 3.05) is 6.61 Å². The molecule has 1 aliphatic rings. The van der Waals surface area contributed by atoms with Gasteiger partial charge in [-0.2, -0.15) is 18.4 Å². The van der Waals surface area contributed by atoms with E-state index in [1.807, 2.05) is 6.92 Å². The van der Waals surface area contributed by atoms with Crippen molar-refractivity contribution in [2.45, 2.75) is 18.2 Å². The number of ether oxygens (including phenoxy) is 1. The van der Waals surface area contributed by atoms with E-state index in [9.17, 15) is 12.8 Å². The Balaban J connectivity index is 1.88. The van der Waals surface area contributed by atoms with Crippen LogP contribution in [-0.4, -0.2) is 20.7 Å². The maximum Gasteiger partial charge on any atom is 0.276 e. The van der Waals surface area contributed by atoms with Crippen LogP contribution in [0.25, 0.3) is 0 Å². The summed E-state index contributed by atoms with van der Waals surface area (Å²) in [5.74, 6) is -0.0465. The van der Waals surface area contributed by atoms with Gasteiger partial charge in [-0.3, -0.25) is 0 Å². The van der Waals surface area contributed by atoms with Crippen LogP contribution in [0.15, 0.2) is 52.5 Å². The molecule has 0 bridgehead atoms. The highest BCUT2D eigenvalue weighted by Crippen LogP contribution is 2.25. The van der Waals surface area contributed by atoms with Crippen LogP contribution in [0.1, 0.15) is 17.5 Å². The molecule has 0 saturated carbocycles. The number of nitrogens with one attached hydrogen (secondary N) is 1. The molecule has 1 heterocycles. The van der Waals surface area contributed by atoms with Crippen molar-refractivity contribution in [3.63, 3.8) is 0 Å². The van der Waals surface area contributed by atoms with Crippen LogP contribution in [0.4, 0.5) is 4.39 Å². The van der Waals surface area contributed by atoms with Gasteiger partial charge in [0, 0.05) is 18.1 Å². The Kier molecular flexibility index (Phi) is 4.04. The summed E-state index contributed by atoms with van der Waals surface area (Å²) in [5, 5.41) is 4.00. The molecule has 1 N–H and O–H groups in total. The van der Waals surface area contributed by atoms with Crippen LogP contribution >= 0.6 is 0 Å². The maximum atomic E-state index is 13.2. The van der Waals surface area contributed by atoms with Gasteiger partial charge in [-0.15, -0.1) is 0 Å². The number of hydrogen-bond donors (Lipinski definition) is 1. The first kappa shape index (κ1) is 15.5. The van der Waals surface area contributed by atoms with Crippen LogP contribution in [0, 0.1) is 12.7 Å². The van der Waals surface area contributed by atoms with E-state index in [0.29, 0.717) is 30.1 Å². The molecule has 0 amide bonds. The van der Waals surface area contributed by atoms with E-state index in [1.54, 1.807) is 12.1 Å². The Morgan fingerprint density at radius 2 is 1.91 bits per heavy atom. The van der Waals surface area contributed by atoms with Crippen molar-refractivity contribution in [1.82, 2.24) is 4.83 Å². The fourth-order valence-electron chi connectivity index (χ4n) is 2.25. The fourth-order valence-corrected chi connectivity index (χ4v) is 3.08. The zero-order chi connectivity index (χ0) is 16.4. The summed E-state index contributed by atoms with van der Waals surface area (Å²) in [5.41, 5.74) is 2.07. The minimum atomic E-state index is -3.74. The summed E-state index contributed by atoms with van der Waals surface area (Å²) in [6.45, 7) is 2.20. The number of hydrazone groups is 1. The Morgan fingerprint density at radius 3 is 2.65 bits per heavy atom.